The molecule has 5 N–H and O–H groups in total. The number of carbonyl (C=O) groups excluding carboxylic acids is 3. The van der Waals surface area contributed by atoms with Gasteiger partial charge in [-0.05, 0) is 51.1 Å². The second-order valence-corrected chi connectivity index (χ2v) is 7.42. The molecule has 164 valence electrons. The molecule has 0 saturated carbocycles. The third-order valence-electron chi connectivity index (χ3n) is 5.01. The molecule has 2 rings (SSSR count). The van der Waals surface area contributed by atoms with Gasteiger partial charge in [0.25, 0.3) is 0 Å². The molecule has 1 aromatic rings. The SMILES string of the molecule is C[C@H](NC(=O)CNC(=O)[C@@H]1CCCN1C)C(=O)N[C@@H](Cc1ccc(O)cc1)C(=O)O. The van der Waals surface area contributed by atoms with Gasteiger partial charge in [-0.2, -0.15) is 0 Å². The predicted molar refractivity (Wildman–Crippen MR) is 108 cm³/mol. The molecule has 1 aromatic carbocycles. The van der Waals surface area contributed by atoms with E-state index in [1.54, 1.807) is 12.1 Å². The molecule has 1 heterocycles. The molecule has 10 nitrogen and oxygen atoms in total. The van der Waals surface area contributed by atoms with Gasteiger partial charge in [-0.1, -0.05) is 12.1 Å². The van der Waals surface area contributed by atoms with Gasteiger partial charge >= 0.3 is 5.97 Å². The number of aliphatic carboxylic acids is 1. The molecule has 0 unspecified atom stereocenters. The van der Waals surface area contributed by atoms with Gasteiger partial charge in [0.2, 0.25) is 17.7 Å². The second-order valence-electron chi connectivity index (χ2n) is 7.42. The molecular formula is C20H28N4O6. The van der Waals surface area contributed by atoms with Crippen molar-refractivity contribution in [2.24, 2.45) is 0 Å². The molecule has 1 saturated heterocycles. The number of hydrogen-bond acceptors (Lipinski definition) is 6. The van der Waals surface area contributed by atoms with Crippen molar-refractivity contribution >= 4 is 23.7 Å². The summed E-state index contributed by atoms with van der Waals surface area (Å²) in [6.07, 6.45) is 1.68. The maximum atomic E-state index is 12.3. The summed E-state index contributed by atoms with van der Waals surface area (Å²) in [5, 5.41) is 26.1. The number of carbonyl (C=O) groups is 4. The highest BCUT2D eigenvalue weighted by atomic mass is 16.4. The van der Waals surface area contributed by atoms with Crippen molar-refractivity contribution in [2.45, 2.75) is 44.3 Å². The molecule has 1 fully saturated rings. The van der Waals surface area contributed by atoms with Crippen molar-refractivity contribution in [3.05, 3.63) is 29.8 Å². The minimum atomic E-state index is -1.22. The molecule has 3 amide bonds. The predicted octanol–water partition coefficient (Wildman–Crippen LogP) is -0.781. The van der Waals surface area contributed by atoms with E-state index >= 15 is 0 Å². The number of phenolic OH excluding ortho intramolecular Hbond substituents is 1. The number of rotatable bonds is 9. The maximum absolute atomic E-state index is 12.3. The molecule has 30 heavy (non-hydrogen) atoms. The summed E-state index contributed by atoms with van der Waals surface area (Å²) in [5.41, 5.74) is 0.622. The van der Waals surface area contributed by atoms with E-state index in [0.717, 1.165) is 19.4 Å². The Bertz CT molecular complexity index is 782. The Morgan fingerprint density at radius 3 is 2.40 bits per heavy atom. The van der Waals surface area contributed by atoms with Crippen LogP contribution in [-0.4, -0.2) is 77.1 Å². The van der Waals surface area contributed by atoms with Crippen LogP contribution in [-0.2, 0) is 25.6 Å². The fourth-order valence-electron chi connectivity index (χ4n) is 3.25. The lowest BCUT2D eigenvalue weighted by atomic mass is 10.1. The number of nitrogens with zero attached hydrogens (tertiary/aromatic N) is 1. The lowest BCUT2D eigenvalue weighted by Crippen LogP contribution is -2.53. The van der Waals surface area contributed by atoms with Crippen molar-refractivity contribution in [2.75, 3.05) is 20.1 Å². The number of nitrogens with one attached hydrogen (secondary N) is 3. The van der Waals surface area contributed by atoms with Gasteiger partial charge in [0.1, 0.15) is 17.8 Å². The number of benzene rings is 1. The zero-order valence-corrected chi connectivity index (χ0v) is 17.1. The highest BCUT2D eigenvalue weighted by Crippen LogP contribution is 2.14. The van der Waals surface area contributed by atoms with Crippen LogP contribution in [0, 0.1) is 0 Å². The Morgan fingerprint density at radius 1 is 1.17 bits per heavy atom. The smallest absolute Gasteiger partial charge is 0.326 e. The number of aromatic hydroxyl groups is 1. The zero-order chi connectivity index (χ0) is 22.3. The summed E-state index contributed by atoms with van der Waals surface area (Å²) in [6.45, 7) is 1.99. The van der Waals surface area contributed by atoms with E-state index < -0.39 is 29.9 Å². The highest BCUT2D eigenvalue weighted by Gasteiger charge is 2.28. The van der Waals surface area contributed by atoms with Crippen LogP contribution in [0.15, 0.2) is 24.3 Å². The highest BCUT2D eigenvalue weighted by molar-refractivity contribution is 5.92. The largest absolute Gasteiger partial charge is 0.508 e. The quantitative estimate of drug-likeness (QED) is 0.352. The van der Waals surface area contributed by atoms with Crippen molar-refractivity contribution in [3.63, 3.8) is 0 Å². The standard InChI is InChI=1S/C20H28N4O6/c1-12(22-17(26)11-21-19(28)16-4-3-9-24(16)2)18(27)23-15(20(29)30)10-13-5-7-14(25)8-6-13/h5-8,12,15-16,25H,3-4,9-11H2,1-2H3,(H,21,28)(H,22,26)(H,23,27)(H,29,30)/t12-,15-,16-/m0/s1. The van der Waals surface area contributed by atoms with Gasteiger partial charge < -0.3 is 26.2 Å². The number of phenols is 1. The summed E-state index contributed by atoms with van der Waals surface area (Å²) in [5.74, 6) is -2.60. The lowest BCUT2D eigenvalue weighted by Gasteiger charge is -2.20. The molecule has 0 spiro atoms. The van der Waals surface area contributed by atoms with Crippen molar-refractivity contribution in [1.29, 1.82) is 0 Å². The third kappa shape index (κ3) is 6.73. The average molecular weight is 420 g/mol. The fraction of sp³-hybridized carbons (Fsp3) is 0.500. The number of carboxylic acid groups (broad SMARTS) is 1. The first-order valence-electron chi connectivity index (χ1n) is 9.75. The second kappa shape index (κ2) is 10.6. The molecule has 0 radical (unpaired) electrons. The number of likely N-dealkylation sites (tertiary alicyclic amines) is 1. The van der Waals surface area contributed by atoms with Crippen molar-refractivity contribution in [3.8, 4) is 5.75 Å². The summed E-state index contributed by atoms with van der Waals surface area (Å²) < 4.78 is 0. The average Bonchev–Trinajstić information content (AvgIpc) is 3.13. The van der Waals surface area contributed by atoms with Crippen LogP contribution in [0.5, 0.6) is 5.75 Å². The lowest BCUT2D eigenvalue weighted by molar-refractivity contribution is -0.142. The first kappa shape index (κ1) is 23.1. The number of hydrogen-bond donors (Lipinski definition) is 5. The Kier molecular flexibility index (Phi) is 8.16. The monoisotopic (exact) mass is 420 g/mol. The minimum Gasteiger partial charge on any atom is -0.508 e. The Balaban J connectivity index is 1.81. The van der Waals surface area contributed by atoms with E-state index in [0.29, 0.717) is 5.56 Å². The van der Waals surface area contributed by atoms with Gasteiger partial charge in [0.15, 0.2) is 0 Å². The molecular weight excluding hydrogens is 392 g/mol. The first-order valence-corrected chi connectivity index (χ1v) is 9.75. The molecule has 0 bridgehead atoms. The van der Waals surface area contributed by atoms with Crippen molar-refractivity contribution in [1.82, 2.24) is 20.9 Å². The summed E-state index contributed by atoms with van der Waals surface area (Å²) >= 11 is 0. The Labute approximate surface area is 174 Å². The van der Waals surface area contributed by atoms with Crippen LogP contribution in [0.3, 0.4) is 0 Å². The fourth-order valence-corrected chi connectivity index (χ4v) is 3.25. The summed E-state index contributed by atoms with van der Waals surface area (Å²) in [6, 6.07) is 3.55. The zero-order valence-electron chi connectivity index (χ0n) is 17.1. The van der Waals surface area contributed by atoms with Crippen LogP contribution in [0.4, 0.5) is 0 Å². The van der Waals surface area contributed by atoms with Crippen LogP contribution >= 0.6 is 0 Å². The van der Waals surface area contributed by atoms with E-state index in [2.05, 4.69) is 16.0 Å². The normalized spacial score (nSPS) is 18.3. The van der Waals surface area contributed by atoms with Crippen LogP contribution in [0.1, 0.15) is 25.3 Å². The molecule has 0 aromatic heterocycles. The van der Waals surface area contributed by atoms with Gasteiger partial charge in [-0.3, -0.25) is 19.3 Å². The topological polar surface area (TPSA) is 148 Å². The van der Waals surface area contributed by atoms with Gasteiger partial charge in [-0.25, -0.2) is 4.79 Å². The molecule has 3 atom stereocenters. The minimum absolute atomic E-state index is 0.0208. The summed E-state index contributed by atoms with van der Waals surface area (Å²) in [7, 11) is 1.85. The van der Waals surface area contributed by atoms with E-state index in [-0.39, 0.29) is 30.7 Å². The van der Waals surface area contributed by atoms with Crippen LogP contribution < -0.4 is 16.0 Å². The van der Waals surface area contributed by atoms with Crippen molar-refractivity contribution < 1.29 is 29.4 Å². The van der Waals surface area contributed by atoms with Gasteiger partial charge in [0.05, 0.1) is 12.6 Å². The third-order valence-corrected chi connectivity index (χ3v) is 5.01. The molecule has 0 aliphatic carbocycles. The molecule has 10 heteroatoms. The molecule has 1 aliphatic heterocycles. The molecule has 1 aliphatic rings. The summed E-state index contributed by atoms with van der Waals surface area (Å²) in [4.78, 5) is 49.8. The van der Waals surface area contributed by atoms with E-state index in [4.69, 9.17) is 0 Å². The maximum Gasteiger partial charge on any atom is 0.326 e. The van der Waals surface area contributed by atoms with E-state index in [1.165, 1.54) is 19.1 Å². The Hall–Kier alpha value is -3.14. The first-order chi connectivity index (χ1) is 14.2. The van der Waals surface area contributed by atoms with Gasteiger partial charge in [-0.15, -0.1) is 0 Å². The number of amides is 3. The number of carboxylic acids is 1. The van der Waals surface area contributed by atoms with Crippen LogP contribution in [0.25, 0.3) is 0 Å². The van der Waals surface area contributed by atoms with E-state index in [1.807, 2.05) is 11.9 Å². The van der Waals surface area contributed by atoms with Crippen LogP contribution in [0.2, 0.25) is 0 Å². The number of likely N-dealkylation sites (N-methyl/N-ethyl adjacent to an activating group) is 1. The van der Waals surface area contributed by atoms with Gasteiger partial charge in [0, 0.05) is 6.42 Å². The Morgan fingerprint density at radius 2 is 1.83 bits per heavy atom. The van der Waals surface area contributed by atoms with E-state index in [9.17, 15) is 29.4 Å².